The third-order valence-electron chi connectivity index (χ3n) is 4.47. The molecule has 0 unspecified atom stereocenters. The van der Waals surface area contributed by atoms with E-state index in [0.717, 1.165) is 51.9 Å². The van der Waals surface area contributed by atoms with Crippen LogP contribution in [0.4, 0.5) is 0 Å². The Morgan fingerprint density at radius 2 is 1.48 bits per heavy atom. The Morgan fingerprint density at radius 1 is 0.913 bits per heavy atom. The second kappa shape index (κ2) is 12.1. The van der Waals surface area contributed by atoms with Gasteiger partial charge in [-0.15, -0.1) is 6.58 Å². The lowest BCUT2D eigenvalue weighted by Gasteiger charge is -2.14. The first-order chi connectivity index (χ1) is 11.2. The highest BCUT2D eigenvalue weighted by molar-refractivity contribution is 5.78. The summed E-state index contributed by atoms with van der Waals surface area (Å²) in [5, 5.41) is 0. The zero-order chi connectivity index (χ0) is 16.9. The molecule has 0 N–H and O–H groups in total. The van der Waals surface area contributed by atoms with E-state index in [1.165, 1.54) is 38.5 Å². The predicted molar refractivity (Wildman–Crippen MR) is 95.2 cm³/mol. The molecule has 132 valence electrons. The second-order valence-electron chi connectivity index (χ2n) is 6.48. The fourth-order valence-corrected chi connectivity index (χ4v) is 3.08. The molecule has 4 nitrogen and oxygen atoms in total. The van der Waals surface area contributed by atoms with Crippen LogP contribution >= 0.6 is 0 Å². The van der Waals surface area contributed by atoms with E-state index in [4.69, 9.17) is 0 Å². The van der Waals surface area contributed by atoms with Gasteiger partial charge in [-0.25, -0.2) is 0 Å². The van der Waals surface area contributed by atoms with Crippen molar-refractivity contribution in [2.45, 2.75) is 71.1 Å². The van der Waals surface area contributed by atoms with Crippen LogP contribution in [0.5, 0.6) is 0 Å². The Labute approximate surface area is 141 Å². The van der Waals surface area contributed by atoms with Crippen molar-refractivity contribution in [3.63, 3.8) is 0 Å². The Morgan fingerprint density at radius 3 is 2.00 bits per heavy atom. The van der Waals surface area contributed by atoms with Crippen molar-refractivity contribution in [1.82, 2.24) is 9.80 Å². The molecule has 0 spiro atoms. The van der Waals surface area contributed by atoms with Gasteiger partial charge in [-0.2, -0.15) is 0 Å². The third kappa shape index (κ3) is 8.19. The number of likely N-dealkylation sites (tertiary alicyclic amines) is 2. The van der Waals surface area contributed by atoms with Crippen molar-refractivity contribution >= 4 is 11.8 Å². The zero-order valence-electron chi connectivity index (χ0n) is 14.9. The van der Waals surface area contributed by atoms with Gasteiger partial charge in [0.05, 0.1) is 0 Å². The van der Waals surface area contributed by atoms with Gasteiger partial charge in [0.15, 0.2) is 0 Å². The largest absolute Gasteiger partial charge is 0.343 e. The van der Waals surface area contributed by atoms with Gasteiger partial charge in [0.2, 0.25) is 11.8 Å². The lowest BCUT2D eigenvalue weighted by molar-refractivity contribution is -0.128. The minimum absolute atomic E-state index is 0.273. The standard InChI is InChI=1S/C12H23NO.C7H11NO/c1-2-3-4-5-6-7-10-13-11-8-9-12(13)14;1-2-5-8-6-3-4-7(8)9/h2-11H2,1H3;2H,1,3-6H2. The molecule has 0 bridgehead atoms. The fourth-order valence-electron chi connectivity index (χ4n) is 3.08. The van der Waals surface area contributed by atoms with Gasteiger partial charge in [0.25, 0.3) is 0 Å². The molecule has 2 amide bonds. The van der Waals surface area contributed by atoms with Gasteiger partial charge in [0, 0.05) is 39.0 Å². The first-order valence-corrected chi connectivity index (χ1v) is 9.35. The van der Waals surface area contributed by atoms with Crippen molar-refractivity contribution in [3.05, 3.63) is 12.7 Å². The normalized spacial score (nSPS) is 17.4. The second-order valence-corrected chi connectivity index (χ2v) is 6.48. The molecule has 2 fully saturated rings. The highest BCUT2D eigenvalue weighted by atomic mass is 16.2. The highest BCUT2D eigenvalue weighted by Crippen LogP contribution is 2.12. The van der Waals surface area contributed by atoms with Crippen molar-refractivity contribution in [1.29, 1.82) is 0 Å². The molecule has 0 aromatic heterocycles. The van der Waals surface area contributed by atoms with Crippen molar-refractivity contribution in [2.75, 3.05) is 26.2 Å². The molecule has 0 radical (unpaired) electrons. The molecule has 4 heteroatoms. The Kier molecular flexibility index (Phi) is 10.4. The summed E-state index contributed by atoms with van der Waals surface area (Å²) in [7, 11) is 0. The summed E-state index contributed by atoms with van der Waals surface area (Å²) in [5.41, 5.74) is 0. The number of hydrogen-bond acceptors (Lipinski definition) is 2. The Bertz CT molecular complexity index is 368. The van der Waals surface area contributed by atoms with Crippen LogP contribution in [-0.4, -0.2) is 47.8 Å². The fraction of sp³-hybridized carbons (Fsp3) is 0.789. The van der Waals surface area contributed by atoms with E-state index in [9.17, 15) is 9.59 Å². The lowest BCUT2D eigenvalue weighted by Crippen LogP contribution is -2.25. The van der Waals surface area contributed by atoms with E-state index in [-0.39, 0.29) is 5.91 Å². The quantitative estimate of drug-likeness (QED) is 0.479. The summed E-state index contributed by atoms with van der Waals surface area (Å²) >= 11 is 0. The number of amides is 2. The average molecular weight is 322 g/mol. The Balaban J connectivity index is 0.000000253. The van der Waals surface area contributed by atoms with E-state index >= 15 is 0 Å². The predicted octanol–water partition coefficient (Wildman–Crippen LogP) is 3.76. The van der Waals surface area contributed by atoms with Crippen molar-refractivity contribution < 1.29 is 9.59 Å². The molecule has 0 aliphatic carbocycles. The molecular formula is C19H34N2O2. The SMILES string of the molecule is C=CCN1CCCC1=O.CCCCCCCCN1CCCC1=O. The maximum atomic E-state index is 11.3. The van der Waals surface area contributed by atoms with E-state index in [0.29, 0.717) is 5.91 Å². The minimum atomic E-state index is 0.273. The summed E-state index contributed by atoms with van der Waals surface area (Å²) in [4.78, 5) is 26.0. The maximum absolute atomic E-state index is 11.3. The summed E-state index contributed by atoms with van der Waals surface area (Å²) < 4.78 is 0. The van der Waals surface area contributed by atoms with Gasteiger partial charge < -0.3 is 9.80 Å². The molecular weight excluding hydrogens is 288 g/mol. The van der Waals surface area contributed by atoms with E-state index in [1.807, 2.05) is 9.80 Å². The van der Waals surface area contributed by atoms with Crippen LogP contribution in [0.1, 0.15) is 71.1 Å². The van der Waals surface area contributed by atoms with Crippen LogP contribution in [0, 0.1) is 0 Å². The van der Waals surface area contributed by atoms with Crippen LogP contribution in [0.3, 0.4) is 0 Å². The molecule has 2 saturated heterocycles. The minimum Gasteiger partial charge on any atom is -0.343 e. The number of unbranched alkanes of at least 4 members (excludes halogenated alkanes) is 5. The third-order valence-corrected chi connectivity index (χ3v) is 4.47. The van der Waals surface area contributed by atoms with Crippen LogP contribution < -0.4 is 0 Å². The van der Waals surface area contributed by atoms with E-state index in [2.05, 4.69) is 13.5 Å². The molecule has 0 atom stereocenters. The van der Waals surface area contributed by atoms with Crippen LogP contribution in [0.25, 0.3) is 0 Å². The van der Waals surface area contributed by atoms with Crippen LogP contribution in [0.15, 0.2) is 12.7 Å². The van der Waals surface area contributed by atoms with Crippen LogP contribution in [0.2, 0.25) is 0 Å². The van der Waals surface area contributed by atoms with Gasteiger partial charge in [0.1, 0.15) is 0 Å². The Hall–Kier alpha value is -1.32. The smallest absolute Gasteiger partial charge is 0.222 e. The van der Waals surface area contributed by atoms with Gasteiger partial charge in [-0.3, -0.25) is 9.59 Å². The van der Waals surface area contributed by atoms with E-state index in [1.54, 1.807) is 6.08 Å². The van der Waals surface area contributed by atoms with Crippen molar-refractivity contribution in [3.8, 4) is 0 Å². The summed E-state index contributed by atoms with van der Waals surface area (Å²) in [6.07, 6.45) is 13.3. The zero-order valence-corrected chi connectivity index (χ0v) is 14.9. The molecule has 0 aromatic rings. The number of rotatable bonds is 9. The number of hydrogen-bond donors (Lipinski definition) is 0. The molecule has 2 rings (SSSR count). The molecule has 2 heterocycles. The van der Waals surface area contributed by atoms with Gasteiger partial charge in [-0.05, 0) is 19.3 Å². The number of nitrogens with zero attached hydrogens (tertiary/aromatic N) is 2. The van der Waals surface area contributed by atoms with E-state index < -0.39 is 0 Å². The molecule has 2 aliphatic heterocycles. The molecule has 0 aromatic carbocycles. The summed E-state index contributed by atoms with van der Waals surface area (Å²) in [6, 6.07) is 0. The number of carbonyl (C=O) groups is 2. The molecule has 23 heavy (non-hydrogen) atoms. The number of carbonyl (C=O) groups excluding carboxylic acids is 2. The summed E-state index contributed by atoms with van der Waals surface area (Å²) in [6.45, 7) is 9.46. The van der Waals surface area contributed by atoms with Crippen molar-refractivity contribution in [2.24, 2.45) is 0 Å². The first kappa shape index (κ1) is 19.7. The topological polar surface area (TPSA) is 40.6 Å². The average Bonchev–Trinajstić information content (AvgIpc) is 3.13. The lowest BCUT2D eigenvalue weighted by atomic mass is 10.1. The first-order valence-electron chi connectivity index (χ1n) is 9.35. The molecule has 0 saturated carbocycles. The van der Waals surface area contributed by atoms with Gasteiger partial charge in [-0.1, -0.05) is 45.1 Å². The van der Waals surface area contributed by atoms with Crippen LogP contribution in [-0.2, 0) is 9.59 Å². The van der Waals surface area contributed by atoms with Gasteiger partial charge >= 0.3 is 0 Å². The molecule has 2 aliphatic rings. The maximum Gasteiger partial charge on any atom is 0.222 e. The monoisotopic (exact) mass is 322 g/mol. The highest BCUT2D eigenvalue weighted by Gasteiger charge is 2.19. The summed E-state index contributed by atoms with van der Waals surface area (Å²) in [5.74, 6) is 0.647.